The van der Waals surface area contributed by atoms with E-state index in [0.717, 1.165) is 15.9 Å². The lowest BCUT2D eigenvalue weighted by molar-refractivity contribution is 0.281. The van der Waals surface area contributed by atoms with E-state index < -0.39 is 0 Å². The molecule has 0 amide bonds. The molecule has 0 saturated heterocycles. The van der Waals surface area contributed by atoms with Crippen molar-refractivity contribution in [3.05, 3.63) is 45.7 Å². The van der Waals surface area contributed by atoms with Crippen molar-refractivity contribution in [2.24, 2.45) is 5.73 Å². The van der Waals surface area contributed by atoms with E-state index >= 15 is 0 Å². The maximum atomic E-state index is 6.21. The Labute approximate surface area is 132 Å². The summed E-state index contributed by atoms with van der Waals surface area (Å²) in [5.41, 5.74) is 7.15. The summed E-state index contributed by atoms with van der Waals surface area (Å²) < 4.78 is 8.49. The van der Waals surface area contributed by atoms with Gasteiger partial charge in [-0.2, -0.15) is 5.10 Å². The zero-order chi connectivity index (χ0) is 14.7. The highest BCUT2D eigenvalue weighted by atomic mass is 79.9. The van der Waals surface area contributed by atoms with Crippen molar-refractivity contribution >= 4 is 27.5 Å². The Morgan fingerprint density at radius 2 is 2.00 bits per heavy atom. The van der Waals surface area contributed by atoms with E-state index in [-0.39, 0.29) is 12.1 Å². The average Bonchev–Trinajstić information content (AvgIpc) is 2.80. The van der Waals surface area contributed by atoms with E-state index in [4.69, 9.17) is 22.1 Å². The van der Waals surface area contributed by atoms with E-state index in [2.05, 4.69) is 34.9 Å². The Kier molecular flexibility index (Phi) is 5.07. The Morgan fingerprint density at radius 3 is 2.60 bits per heavy atom. The number of benzene rings is 1. The molecule has 1 atom stereocenters. The van der Waals surface area contributed by atoms with Crippen LogP contribution < -0.4 is 10.5 Å². The molecular weight excluding hydrogens is 342 g/mol. The molecule has 1 aromatic heterocycles. The molecule has 1 aromatic carbocycles. The predicted molar refractivity (Wildman–Crippen MR) is 84.2 cm³/mol. The number of aromatic nitrogens is 2. The fourth-order valence-electron chi connectivity index (χ4n) is 1.90. The first-order chi connectivity index (χ1) is 9.49. The number of halogens is 2. The van der Waals surface area contributed by atoms with Crippen LogP contribution in [-0.2, 0) is 0 Å². The molecule has 0 aliphatic rings. The summed E-state index contributed by atoms with van der Waals surface area (Å²) in [5, 5.41) is 5.00. The molecule has 0 radical (unpaired) electrons. The normalized spacial score (nSPS) is 12.7. The quantitative estimate of drug-likeness (QED) is 0.880. The lowest BCUT2D eigenvalue weighted by Crippen LogP contribution is -2.24. The lowest BCUT2D eigenvalue weighted by Gasteiger charge is -2.18. The van der Waals surface area contributed by atoms with Crippen molar-refractivity contribution in [2.75, 3.05) is 6.61 Å². The molecule has 4 nitrogen and oxygen atoms in total. The summed E-state index contributed by atoms with van der Waals surface area (Å²) in [7, 11) is 0. The Hall–Kier alpha value is -1.04. The van der Waals surface area contributed by atoms with Gasteiger partial charge < -0.3 is 10.5 Å². The zero-order valence-electron chi connectivity index (χ0n) is 11.4. The van der Waals surface area contributed by atoms with E-state index in [9.17, 15) is 0 Å². The van der Waals surface area contributed by atoms with Crippen molar-refractivity contribution in [2.45, 2.75) is 25.9 Å². The molecule has 0 saturated carbocycles. The van der Waals surface area contributed by atoms with Crippen LogP contribution in [-0.4, -0.2) is 16.4 Å². The van der Waals surface area contributed by atoms with Gasteiger partial charge in [-0.05, 0) is 54.0 Å². The molecule has 1 heterocycles. The van der Waals surface area contributed by atoms with Gasteiger partial charge in [-0.1, -0.05) is 11.6 Å². The average molecular weight is 359 g/mol. The van der Waals surface area contributed by atoms with E-state index in [1.54, 1.807) is 18.3 Å². The second kappa shape index (κ2) is 6.61. The first-order valence-corrected chi connectivity index (χ1v) is 7.53. The predicted octanol–water partition coefficient (Wildman–Crippen LogP) is 3.96. The third kappa shape index (κ3) is 3.53. The largest absolute Gasteiger partial charge is 0.492 e. The van der Waals surface area contributed by atoms with Crippen molar-refractivity contribution in [1.29, 1.82) is 0 Å². The number of hydrogen-bond acceptors (Lipinski definition) is 3. The summed E-state index contributed by atoms with van der Waals surface area (Å²) in [6.07, 6.45) is 1.76. The van der Waals surface area contributed by atoms with Crippen LogP contribution in [0.5, 0.6) is 5.75 Å². The topological polar surface area (TPSA) is 53.1 Å². The Morgan fingerprint density at radius 1 is 1.35 bits per heavy atom. The maximum Gasteiger partial charge on any atom is 0.119 e. The van der Waals surface area contributed by atoms with Crippen LogP contribution in [0.15, 0.2) is 34.9 Å². The standard InChI is InChI=1S/C14H17BrClN3O/c1-9(2)19-14(12(15)7-18-19)13(17)8-20-11-5-3-10(16)4-6-11/h3-7,9,13H,8,17H2,1-2H3. The SMILES string of the molecule is CC(C)n1ncc(Br)c1C(N)COc1ccc(Cl)cc1. The second-order valence-electron chi connectivity index (χ2n) is 4.79. The van der Waals surface area contributed by atoms with Crippen LogP contribution in [0, 0.1) is 0 Å². The summed E-state index contributed by atoms with van der Waals surface area (Å²) in [6.45, 7) is 4.50. The van der Waals surface area contributed by atoms with Gasteiger partial charge in [0, 0.05) is 11.1 Å². The van der Waals surface area contributed by atoms with Crippen LogP contribution in [0.4, 0.5) is 0 Å². The Balaban J connectivity index is 2.07. The number of rotatable bonds is 5. The van der Waals surface area contributed by atoms with Gasteiger partial charge >= 0.3 is 0 Å². The van der Waals surface area contributed by atoms with Gasteiger partial charge in [-0.3, -0.25) is 4.68 Å². The van der Waals surface area contributed by atoms with Gasteiger partial charge in [0.2, 0.25) is 0 Å². The molecular formula is C14H17BrClN3O. The molecule has 1 unspecified atom stereocenters. The van der Waals surface area contributed by atoms with Gasteiger partial charge in [-0.25, -0.2) is 0 Å². The molecule has 0 bridgehead atoms. The van der Waals surface area contributed by atoms with Crippen molar-refractivity contribution in [3.63, 3.8) is 0 Å². The van der Waals surface area contributed by atoms with E-state index in [1.165, 1.54) is 0 Å². The molecule has 2 aromatic rings. The highest BCUT2D eigenvalue weighted by molar-refractivity contribution is 9.10. The van der Waals surface area contributed by atoms with Crippen molar-refractivity contribution in [1.82, 2.24) is 9.78 Å². The highest BCUT2D eigenvalue weighted by Crippen LogP contribution is 2.25. The first kappa shape index (κ1) is 15.4. The van der Waals surface area contributed by atoms with Crippen molar-refractivity contribution < 1.29 is 4.74 Å². The molecule has 0 spiro atoms. The highest BCUT2D eigenvalue weighted by Gasteiger charge is 2.18. The number of hydrogen-bond donors (Lipinski definition) is 1. The monoisotopic (exact) mass is 357 g/mol. The summed E-state index contributed by atoms with van der Waals surface area (Å²) >= 11 is 9.32. The van der Waals surface area contributed by atoms with Crippen LogP contribution in [0.1, 0.15) is 31.6 Å². The fraction of sp³-hybridized carbons (Fsp3) is 0.357. The van der Waals surface area contributed by atoms with Crippen LogP contribution >= 0.6 is 27.5 Å². The molecule has 0 aliphatic heterocycles. The molecule has 0 fully saturated rings. The third-order valence-corrected chi connectivity index (χ3v) is 3.73. The minimum atomic E-state index is -0.259. The van der Waals surface area contributed by atoms with Gasteiger partial charge in [0.25, 0.3) is 0 Å². The summed E-state index contributed by atoms with van der Waals surface area (Å²) in [4.78, 5) is 0. The van der Waals surface area contributed by atoms with Crippen LogP contribution in [0.2, 0.25) is 5.02 Å². The van der Waals surface area contributed by atoms with E-state index in [0.29, 0.717) is 11.6 Å². The number of nitrogens with zero attached hydrogens (tertiary/aromatic N) is 2. The summed E-state index contributed by atoms with van der Waals surface area (Å²) in [5.74, 6) is 0.747. The van der Waals surface area contributed by atoms with Gasteiger partial charge in [0.1, 0.15) is 12.4 Å². The third-order valence-electron chi connectivity index (χ3n) is 2.87. The first-order valence-electron chi connectivity index (χ1n) is 6.36. The number of nitrogens with two attached hydrogens (primary N) is 1. The molecule has 2 rings (SSSR count). The molecule has 2 N–H and O–H groups in total. The minimum Gasteiger partial charge on any atom is -0.492 e. The molecule has 20 heavy (non-hydrogen) atoms. The minimum absolute atomic E-state index is 0.248. The summed E-state index contributed by atoms with van der Waals surface area (Å²) in [6, 6.07) is 7.21. The Bertz CT molecular complexity index is 568. The van der Waals surface area contributed by atoms with Crippen LogP contribution in [0.25, 0.3) is 0 Å². The molecule has 6 heteroatoms. The van der Waals surface area contributed by atoms with Crippen molar-refractivity contribution in [3.8, 4) is 5.75 Å². The zero-order valence-corrected chi connectivity index (χ0v) is 13.7. The second-order valence-corrected chi connectivity index (χ2v) is 6.08. The molecule has 108 valence electrons. The van der Waals surface area contributed by atoms with Gasteiger partial charge in [-0.15, -0.1) is 0 Å². The fourth-order valence-corrected chi connectivity index (χ4v) is 2.60. The molecule has 0 aliphatic carbocycles. The smallest absolute Gasteiger partial charge is 0.119 e. The maximum absolute atomic E-state index is 6.21. The van der Waals surface area contributed by atoms with Crippen LogP contribution in [0.3, 0.4) is 0 Å². The lowest BCUT2D eigenvalue weighted by atomic mass is 10.2. The van der Waals surface area contributed by atoms with E-state index in [1.807, 2.05) is 16.8 Å². The van der Waals surface area contributed by atoms with Gasteiger partial charge in [0.05, 0.1) is 22.4 Å². The van der Waals surface area contributed by atoms with Gasteiger partial charge in [0.15, 0.2) is 0 Å². The number of ether oxygens (including phenoxy) is 1.